The molecule has 0 spiro atoms. The Hall–Kier alpha value is -2.31. The molecule has 1 N–H and O–H groups in total. The molecule has 6 heteroatoms. The van der Waals surface area contributed by atoms with E-state index in [0.717, 1.165) is 35.4 Å². The fourth-order valence-corrected chi connectivity index (χ4v) is 4.27. The third kappa shape index (κ3) is 5.14. The number of fused-ring (bicyclic) bond motifs is 1. The van der Waals surface area contributed by atoms with E-state index in [1.165, 1.54) is 28.4 Å². The van der Waals surface area contributed by atoms with Crippen LogP contribution in [-0.4, -0.2) is 37.1 Å². The van der Waals surface area contributed by atoms with Gasteiger partial charge in [-0.05, 0) is 44.0 Å². The average molecular weight is 401 g/mol. The standard InChI is InChI=1S/C22H26FN3OS/c1-3-25(4-2)14-15-26(21(27)13-10-17-8-6-5-7-9-17)22-24-19-12-11-18(23)16-20(19)28-22/h5-9,11-12,16H,3-4,10,13-15H2,1-2H3/p+1. The number of nitrogens with one attached hydrogen (secondary N) is 1. The van der Waals surface area contributed by atoms with E-state index >= 15 is 0 Å². The maximum Gasteiger partial charge on any atom is 0.229 e. The Labute approximate surface area is 169 Å². The number of nitrogens with zero attached hydrogens (tertiary/aromatic N) is 2. The van der Waals surface area contributed by atoms with E-state index < -0.39 is 0 Å². The Kier molecular flexibility index (Phi) is 7.12. The molecule has 4 nitrogen and oxygen atoms in total. The van der Waals surface area contributed by atoms with E-state index in [-0.39, 0.29) is 11.7 Å². The number of hydrogen-bond acceptors (Lipinski definition) is 3. The largest absolute Gasteiger partial charge is 0.334 e. The van der Waals surface area contributed by atoms with Crippen molar-refractivity contribution in [3.05, 3.63) is 59.9 Å². The van der Waals surface area contributed by atoms with Gasteiger partial charge in [0, 0.05) is 6.42 Å². The minimum absolute atomic E-state index is 0.0648. The summed E-state index contributed by atoms with van der Waals surface area (Å²) in [4.78, 5) is 20.9. The normalized spacial score (nSPS) is 11.3. The Morgan fingerprint density at radius 1 is 1.14 bits per heavy atom. The lowest BCUT2D eigenvalue weighted by molar-refractivity contribution is -0.894. The summed E-state index contributed by atoms with van der Waals surface area (Å²) in [6.07, 6.45) is 1.13. The van der Waals surface area contributed by atoms with Crippen molar-refractivity contribution >= 4 is 32.6 Å². The number of carbonyl (C=O) groups is 1. The van der Waals surface area contributed by atoms with E-state index in [0.29, 0.717) is 24.5 Å². The first-order valence-corrected chi connectivity index (χ1v) is 10.7. The molecule has 0 saturated carbocycles. The molecule has 3 aromatic rings. The van der Waals surface area contributed by atoms with Crippen LogP contribution in [0.3, 0.4) is 0 Å². The van der Waals surface area contributed by atoms with Gasteiger partial charge in [-0.1, -0.05) is 41.7 Å². The van der Waals surface area contributed by atoms with Gasteiger partial charge in [0.1, 0.15) is 5.82 Å². The summed E-state index contributed by atoms with van der Waals surface area (Å²) in [5.41, 5.74) is 1.88. The van der Waals surface area contributed by atoms with Crippen LogP contribution in [0.2, 0.25) is 0 Å². The maximum absolute atomic E-state index is 13.6. The predicted octanol–water partition coefficient (Wildman–Crippen LogP) is 3.33. The molecule has 0 aliphatic rings. The number of likely N-dealkylation sites (N-methyl/N-ethyl adjacent to an activating group) is 1. The van der Waals surface area contributed by atoms with Crippen molar-refractivity contribution in [2.24, 2.45) is 0 Å². The van der Waals surface area contributed by atoms with Gasteiger partial charge in [0.2, 0.25) is 5.91 Å². The molecule has 28 heavy (non-hydrogen) atoms. The Morgan fingerprint density at radius 3 is 2.61 bits per heavy atom. The molecular weight excluding hydrogens is 373 g/mol. The molecule has 2 aromatic carbocycles. The van der Waals surface area contributed by atoms with E-state index in [9.17, 15) is 9.18 Å². The molecule has 0 saturated heterocycles. The van der Waals surface area contributed by atoms with Crippen molar-refractivity contribution in [1.29, 1.82) is 0 Å². The first kappa shape index (κ1) is 20.4. The van der Waals surface area contributed by atoms with Gasteiger partial charge in [0.15, 0.2) is 5.13 Å². The van der Waals surface area contributed by atoms with Gasteiger partial charge in [0.25, 0.3) is 0 Å². The maximum atomic E-state index is 13.6. The monoisotopic (exact) mass is 400 g/mol. The lowest BCUT2D eigenvalue weighted by atomic mass is 10.1. The van der Waals surface area contributed by atoms with Crippen LogP contribution < -0.4 is 9.80 Å². The van der Waals surface area contributed by atoms with Crippen LogP contribution in [0.25, 0.3) is 10.2 Å². The van der Waals surface area contributed by atoms with E-state index in [1.54, 1.807) is 11.0 Å². The molecule has 1 heterocycles. The molecular formula is C22H27FN3OS+. The number of hydrogen-bond donors (Lipinski definition) is 1. The lowest BCUT2D eigenvalue weighted by Crippen LogP contribution is -3.12. The van der Waals surface area contributed by atoms with Gasteiger partial charge in [-0.25, -0.2) is 9.37 Å². The highest BCUT2D eigenvalue weighted by Crippen LogP contribution is 2.29. The van der Waals surface area contributed by atoms with Crippen LogP contribution in [0.4, 0.5) is 9.52 Å². The Balaban J connectivity index is 1.79. The molecule has 1 amide bonds. The SMILES string of the molecule is CC[NH+](CC)CCN(C(=O)CCc1ccccc1)c1nc2ccc(F)cc2s1. The summed E-state index contributed by atoms with van der Waals surface area (Å²) in [6.45, 7) is 7.84. The van der Waals surface area contributed by atoms with Crippen molar-refractivity contribution in [3.8, 4) is 0 Å². The van der Waals surface area contributed by atoms with Gasteiger partial charge in [-0.2, -0.15) is 0 Å². The van der Waals surface area contributed by atoms with Gasteiger partial charge in [0.05, 0.1) is 36.4 Å². The van der Waals surface area contributed by atoms with Crippen LogP contribution in [0.1, 0.15) is 25.8 Å². The number of rotatable bonds is 9. The van der Waals surface area contributed by atoms with Gasteiger partial charge in [-0.3, -0.25) is 9.69 Å². The number of carbonyl (C=O) groups excluding carboxylic acids is 1. The molecule has 3 rings (SSSR count). The topological polar surface area (TPSA) is 37.6 Å². The molecule has 0 aliphatic carbocycles. The van der Waals surface area contributed by atoms with Crippen molar-refractivity contribution in [3.63, 3.8) is 0 Å². The third-order valence-corrected chi connectivity index (χ3v) is 6.07. The second kappa shape index (κ2) is 9.75. The fourth-order valence-electron chi connectivity index (χ4n) is 3.23. The summed E-state index contributed by atoms with van der Waals surface area (Å²) in [5.74, 6) is -0.216. The van der Waals surface area contributed by atoms with Crippen molar-refractivity contribution < 1.29 is 14.1 Å². The average Bonchev–Trinajstić information content (AvgIpc) is 3.13. The first-order valence-electron chi connectivity index (χ1n) is 9.84. The summed E-state index contributed by atoms with van der Waals surface area (Å²) in [5, 5.41) is 0.658. The van der Waals surface area contributed by atoms with Crippen LogP contribution in [0, 0.1) is 5.82 Å². The zero-order chi connectivity index (χ0) is 19.9. The van der Waals surface area contributed by atoms with Gasteiger partial charge >= 0.3 is 0 Å². The molecule has 0 unspecified atom stereocenters. The molecule has 0 fully saturated rings. The highest BCUT2D eigenvalue weighted by Gasteiger charge is 2.21. The second-order valence-electron chi connectivity index (χ2n) is 6.85. The summed E-state index contributed by atoms with van der Waals surface area (Å²) in [6, 6.07) is 14.6. The minimum atomic E-state index is -0.280. The summed E-state index contributed by atoms with van der Waals surface area (Å²) >= 11 is 1.38. The molecule has 0 atom stereocenters. The Bertz CT molecular complexity index is 909. The fraction of sp³-hybridized carbons (Fsp3) is 0.364. The lowest BCUT2D eigenvalue weighted by Gasteiger charge is -2.23. The van der Waals surface area contributed by atoms with Gasteiger partial charge < -0.3 is 4.90 Å². The molecule has 148 valence electrons. The molecule has 0 radical (unpaired) electrons. The van der Waals surface area contributed by atoms with Crippen molar-refractivity contribution in [2.75, 3.05) is 31.1 Å². The van der Waals surface area contributed by atoms with Crippen LogP contribution >= 0.6 is 11.3 Å². The molecule has 1 aromatic heterocycles. The minimum Gasteiger partial charge on any atom is -0.334 e. The number of benzene rings is 2. The van der Waals surface area contributed by atoms with E-state index in [1.807, 2.05) is 30.3 Å². The number of amides is 1. The summed E-state index contributed by atoms with van der Waals surface area (Å²) in [7, 11) is 0. The van der Waals surface area contributed by atoms with E-state index in [2.05, 4.69) is 18.8 Å². The number of quaternary nitrogens is 1. The van der Waals surface area contributed by atoms with Crippen LogP contribution in [0.15, 0.2) is 48.5 Å². The van der Waals surface area contributed by atoms with E-state index in [4.69, 9.17) is 0 Å². The molecule has 0 bridgehead atoms. The Morgan fingerprint density at radius 2 is 1.89 bits per heavy atom. The van der Waals surface area contributed by atoms with Crippen LogP contribution in [-0.2, 0) is 11.2 Å². The smallest absolute Gasteiger partial charge is 0.229 e. The zero-order valence-corrected chi connectivity index (χ0v) is 17.3. The highest BCUT2D eigenvalue weighted by molar-refractivity contribution is 7.22. The molecule has 0 aliphatic heterocycles. The zero-order valence-electron chi connectivity index (χ0n) is 16.5. The highest BCUT2D eigenvalue weighted by atomic mass is 32.1. The quantitative estimate of drug-likeness (QED) is 0.598. The first-order chi connectivity index (χ1) is 13.6. The van der Waals surface area contributed by atoms with Crippen molar-refractivity contribution in [1.82, 2.24) is 4.98 Å². The number of aryl methyl sites for hydroxylation is 1. The summed E-state index contributed by atoms with van der Waals surface area (Å²) < 4.78 is 14.3. The van der Waals surface area contributed by atoms with Crippen molar-refractivity contribution in [2.45, 2.75) is 26.7 Å². The third-order valence-electron chi connectivity index (χ3n) is 5.03. The predicted molar refractivity (Wildman–Crippen MR) is 114 cm³/mol. The van der Waals surface area contributed by atoms with Gasteiger partial charge in [-0.15, -0.1) is 0 Å². The number of anilines is 1. The van der Waals surface area contributed by atoms with Crippen LogP contribution in [0.5, 0.6) is 0 Å². The number of thiazole rings is 1. The second-order valence-corrected chi connectivity index (χ2v) is 7.86. The number of halogens is 1. The number of aromatic nitrogens is 1.